The van der Waals surface area contributed by atoms with Gasteiger partial charge in [0.2, 0.25) is 0 Å². The molecule has 5 nitrogen and oxygen atoms in total. The van der Waals surface area contributed by atoms with E-state index in [-0.39, 0.29) is 28.3 Å². The zero-order valence-corrected chi connectivity index (χ0v) is 12.2. The number of carbonyl (C=O) groups is 2. The van der Waals surface area contributed by atoms with E-state index < -0.39 is 5.97 Å². The Hall–Kier alpha value is -1.40. The molecule has 2 N–H and O–H groups in total. The monoisotopic (exact) mass is 295 g/mol. The van der Waals surface area contributed by atoms with E-state index in [2.05, 4.69) is 19.2 Å². The Morgan fingerprint density at radius 2 is 2.10 bits per heavy atom. The molecule has 3 atom stereocenters. The number of aromatic carboxylic acids is 1. The van der Waals surface area contributed by atoms with E-state index in [1.807, 2.05) is 0 Å². The minimum Gasteiger partial charge on any atom is -0.477 e. The average molecular weight is 295 g/mol. The highest BCUT2D eigenvalue weighted by atomic mass is 32.1. The number of ether oxygens (including phenoxy) is 1. The summed E-state index contributed by atoms with van der Waals surface area (Å²) in [5, 5.41) is 11.9. The Kier molecular flexibility index (Phi) is 3.10. The molecule has 1 aromatic heterocycles. The summed E-state index contributed by atoms with van der Waals surface area (Å²) in [5.74, 6) is -0.805. The van der Waals surface area contributed by atoms with Crippen molar-refractivity contribution in [2.45, 2.75) is 32.4 Å². The summed E-state index contributed by atoms with van der Waals surface area (Å²) in [5.41, 5.74) is -0.0658. The van der Waals surface area contributed by atoms with Crippen molar-refractivity contribution < 1.29 is 19.4 Å². The molecule has 0 unspecified atom stereocenters. The summed E-state index contributed by atoms with van der Waals surface area (Å²) in [7, 11) is 0. The number of rotatable bonds is 3. The minimum absolute atomic E-state index is 0.0658. The van der Waals surface area contributed by atoms with Gasteiger partial charge in [-0.25, -0.2) is 4.79 Å². The van der Waals surface area contributed by atoms with Gasteiger partial charge in [0.05, 0.1) is 11.0 Å². The van der Waals surface area contributed by atoms with Gasteiger partial charge in [0, 0.05) is 24.0 Å². The van der Waals surface area contributed by atoms with Gasteiger partial charge in [-0.1, -0.05) is 13.8 Å². The molecule has 108 valence electrons. The molecule has 2 heterocycles. The Balaban J connectivity index is 1.71. The number of amides is 1. The molecule has 0 spiro atoms. The maximum atomic E-state index is 12.2. The zero-order chi connectivity index (χ0) is 14.5. The topological polar surface area (TPSA) is 75.6 Å². The molecule has 1 aliphatic heterocycles. The number of carboxylic acid groups (broad SMARTS) is 1. The summed E-state index contributed by atoms with van der Waals surface area (Å²) in [6.45, 7) is 4.95. The van der Waals surface area contributed by atoms with Crippen LogP contribution in [-0.2, 0) is 4.74 Å². The summed E-state index contributed by atoms with van der Waals surface area (Å²) < 4.78 is 5.69. The van der Waals surface area contributed by atoms with Crippen LogP contribution < -0.4 is 5.32 Å². The van der Waals surface area contributed by atoms with Crippen molar-refractivity contribution in [1.82, 2.24) is 5.32 Å². The fourth-order valence-electron chi connectivity index (χ4n) is 3.40. The average Bonchev–Trinajstić information content (AvgIpc) is 3.03. The second-order valence-electron chi connectivity index (χ2n) is 5.99. The van der Waals surface area contributed by atoms with E-state index >= 15 is 0 Å². The first kappa shape index (κ1) is 13.6. The smallest absolute Gasteiger partial charge is 0.345 e. The normalized spacial score (nSPS) is 30.4. The first-order valence-corrected chi connectivity index (χ1v) is 7.48. The molecule has 2 fully saturated rings. The predicted octanol–water partition coefficient (Wildman–Crippen LogP) is 1.99. The highest BCUT2D eigenvalue weighted by molar-refractivity contribution is 7.15. The van der Waals surface area contributed by atoms with Crippen LogP contribution in [0.5, 0.6) is 0 Å². The van der Waals surface area contributed by atoms with Crippen LogP contribution in [0.2, 0.25) is 0 Å². The second-order valence-corrected chi connectivity index (χ2v) is 7.07. The molecule has 0 bridgehead atoms. The first-order valence-electron chi connectivity index (χ1n) is 6.67. The molecule has 1 saturated heterocycles. The third kappa shape index (κ3) is 1.94. The maximum absolute atomic E-state index is 12.2. The van der Waals surface area contributed by atoms with Crippen LogP contribution in [0.4, 0.5) is 0 Å². The number of carboxylic acids is 1. The van der Waals surface area contributed by atoms with Gasteiger partial charge in [0.15, 0.2) is 0 Å². The highest BCUT2D eigenvalue weighted by Crippen LogP contribution is 2.52. The van der Waals surface area contributed by atoms with Crippen molar-refractivity contribution in [2.24, 2.45) is 11.3 Å². The Morgan fingerprint density at radius 1 is 1.40 bits per heavy atom. The fourth-order valence-corrected chi connectivity index (χ4v) is 4.15. The van der Waals surface area contributed by atoms with Crippen LogP contribution in [0, 0.1) is 11.3 Å². The molecule has 2 aliphatic rings. The Morgan fingerprint density at radius 3 is 2.75 bits per heavy atom. The second kappa shape index (κ2) is 4.56. The number of carbonyl (C=O) groups excluding carboxylic acids is 1. The van der Waals surface area contributed by atoms with Crippen molar-refractivity contribution in [3.05, 3.63) is 21.9 Å². The van der Waals surface area contributed by atoms with Crippen molar-refractivity contribution in [2.75, 3.05) is 6.61 Å². The van der Waals surface area contributed by atoms with Crippen molar-refractivity contribution in [1.29, 1.82) is 0 Å². The summed E-state index contributed by atoms with van der Waals surface area (Å²) in [6.07, 6.45) is 1.20. The fraction of sp³-hybridized carbons (Fsp3) is 0.571. The van der Waals surface area contributed by atoms with Crippen molar-refractivity contribution >= 4 is 23.2 Å². The van der Waals surface area contributed by atoms with Crippen LogP contribution in [0.3, 0.4) is 0 Å². The lowest BCUT2D eigenvalue weighted by molar-refractivity contribution is -0.108. The number of nitrogens with one attached hydrogen (secondary N) is 1. The predicted molar refractivity (Wildman–Crippen MR) is 74.2 cm³/mol. The van der Waals surface area contributed by atoms with Crippen LogP contribution >= 0.6 is 11.3 Å². The third-order valence-corrected chi connectivity index (χ3v) is 5.50. The van der Waals surface area contributed by atoms with Gasteiger partial charge < -0.3 is 15.2 Å². The first-order chi connectivity index (χ1) is 9.41. The number of hydrogen-bond donors (Lipinski definition) is 2. The van der Waals surface area contributed by atoms with Crippen LogP contribution in [0.1, 0.15) is 39.6 Å². The lowest BCUT2D eigenvalue weighted by atomic mass is 9.57. The van der Waals surface area contributed by atoms with Crippen LogP contribution in [0.15, 0.2) is 12.1 Å². The molecule has 0 aromatic carbocycles. The van der Waals surface area contributed by atoms with E-state index in [1.165, 1.54) is 6.07 Å². The molecular formula is C14H17NO4S. The minimum atomic E-state index is -0.998. The summed E-state index contributed by atoms with van der Waals surface area (Å²) in [6, 6.07) is 3.13. The van der Waals surface area contributed by atoms with Crippen LogP contribution in [-0.4, -0.2) is 35.7 Å². The lowest BCUT2D eigenvalue weighted by Gasteiger charge is -2.54. The molecular weight excluding hydrogens is 278 g/mol. The number of fused-ring (bicyclic) bond motifs is 1. The number of hydrogen-bond acceptors (Lipinski definition) is 4. The van der Waals surface area contributed by atoms with E-state index in [9.17, 15) is 9.59 Å². The lowest BCUT2D eigenvalue weighted by Crippen LogP contribution is -2.66. The van der Waals surface area contributed by atoms with E-state index in [4.69, 9.17) is 9.84 Å². The standard InChI is InChI=1S/C14H17NO4S/c1-14(2)10(7-5-6-19-11(7)14)15-12(16)8-3-4-9(20-8)13(17)18/h3-4,7,10-11H,5-6H2,1-2H3,(H,15,16)(H,17,18)/t7-,10-,11-/m1/s1. The summed E-state index contributed by atoms with van der Waals surface area (Å²) in [4.78, 5) is 23.7. The Bertz CT molecular complexity index is 565. The van der Waals surface area contributed by atoms with Crippen LogP contribution in [0.25, 0.3) is 0 Å². The molecule has 20 heavy (non-hydrogen) atoms. The molecule has 1 amide bonds. The van der Waals surface area contributed by atoms with E-state index in [0.29, 0.717) is 10.8 Å². The van der Waals surface area contributed by atoms with E-state index in [1.54, 1.807) is 6.07 Å². The van der Waals surface area contributed by atoms with E-state index in [0.717, 1.165) is 24.4 Å². The van der Waals surface area contributed by atoms with Crippen molar-refractivity contribution in [3.63, 3.8) is 0 Å². The zero-order valence-electron chi connectivity index (χ0n) is 11.4. The maximum Gasteiger partial charge on any atom is 0.345 e. The van der Waals surface area contributed by atoms with Gasteiger partial charge >= 0.3 is 5.97 Å². The molecule has 3 rings (SSSR count). The Labute approximate surface area is 120 Å². The van der Waals surface area contributed by atoms with Gasteiger partial charge in [0.1, 0.15) is 4.88 Å². The quantitative estimate of drug-likeness (QED) is 0.894. The third-order valence-electron chi connectivity index (χ3n) is 4.43. The highest BCUT2D eigenvalue weighted by Gasteiger charge is 2.59. The number of thiophene rings is 1. The molecule has 0 radical (unpaired) electrons. The van der Waals surface area contributed by atoms with Crippen molar-refractivity contribution in [3.8, 4) is 0 Å². The van der Waals surface area contributed by atoms with Gasteiger partial charge in [-0.2, -0.15) is 0 Å². The van der Waals surface area contributed by atoms with Gasteiger partial charge in [0.25, 0.3) is 5.91 Å². The largest absolute Gasteiger partial charge is 0.477 e. The summed E-state index contributed by atoms with van der Waals surface area (Å²) >= 11 is 1.01. The van der Waals surface area contributed by atoms with Gasteiger partial charge in [-0.3, -0.25) is 4.79 Å². The molecule has 1 saturated carbocycles. The molecule has 6 heteroatoms. The van der Waals surface area contributed by atoms with Gasteiger partial charge in [-0.05, 0) is 18.6 Å². The molecule has 1 aliphatic carbocycles. The molecule has 1 aromatic rings. The SMILES string of the molecule is CC1(C)[C@H](NC(=O)c2ccc(C(=O)O)s2)[C@H]2CCO[C@H]21. The van der Waals surface area contributed by atoms with Gasteiger partial charge in [-0.15, -0.1) is 11.3 Å².